The van der Waals surface area contributed by atoms with Gasteiger partial charge in [-0.25, -0.2) is 0 Å². The summed E-state index contributed by atoms with van der Waals surface area (Å²) in [6, 6.07) is 0. The van der Waals surface area contributed by atoms with Gasteiger partial charge < -0.3 is 9.47 Å². The third-order valence-corrected chi connectivity index (χ3v) is 2.14. The van der Waals surface area contributed by atoms with Gasteiger partial charge in [-0.15, -0.1) is 12.4 Å². The fourth-order valence-electron chi connectivity index (χ4n) is 1.54. The van der Waals surface area contributed by atoms with Crippen LogP contribution >= 0.6 is 12.4 Å². The summed E-state index contributed by atoms with van der Waals surface area (Å²) in [7, 11) is 0. The third-order valence-electron chi connectivity index (χ3n) is 2.14. The highest BCUT2D eigenvalue weighted by atomic mass is 35.5. The van der Waals surface area contributed by atoms with Crippen LogP contribution in [0.4, 0.5) is 0 Å². The average Bonchev–Trinajstić information content (AvgIpc) is 2.59. The smallest absolute Gasteiger partial charge is 0.113 e. The van der Waals surface area contributed by atoms with E-state index in [4.69, 9.17) is 9.47 Å². The highest BCUT2D eigenvalue weighted by Crippen LogP contribution is 2.18. The molecule has 0 saturated carbocycles. The molecule has 11 heavy (non-hydrogen) atoms. The molecule has 0 aromatic carbocycles. The Bertz CT molecular complexity index is 97.0. The van der Waals surface area contributed by atoms with Gasteiger partial charge in [-0.2, -0.15) is 0 Å². The highest BCUT2D eigenvalue weighted by Gasteiger charge is 2.28. The lowest BCUT2D eigenvalue weighted by molar-refractivity contribution is 0.0456. The molecule has 1 N–H and O–H groups in total. The lowest BCUT2D eigenvalue weighted by Crippen LogP contribution is -2.31. The molecular weight excluding hydrogens is 166 g/mol. The molecule has 2 heterocycles. The van der Waals surface area contributed by atoms with Gasteiger partial charge in [0.2, 0.25) is 0 Å². The van der Waals surface area contributed by atoms with Crippen molar-refractivity contribution >= 4 is 12.4 Å². The molecule has 2 unspecified atom stereocenters. The maximum absolute atomic E-state index is 5.45. The number of hydrogen-bond donors (Lipinski definition) is 1. The van der Waals surface area contributed by atoms with E-state index in [-0.39, 0.29) is 18.6 Å². The Morgan fingerprint density at radius 1 is 1.27 bits per heavy atom. The quantitative estimate of drug-likeness (QED) is 0.632. The minimum absolute atomic E-state index is 0. The Kier molecular flexibility index (Phi) is 3.59. The monoisotopic (exact) mass is 179 g/mol. The van der Waals surface area contributed by atoms with E-state index >= 15 is 0 Å². The van der Waals surface area contributed by atoms with Crippen molar-refractivity contribution in [2.45, 2.75) is 12.6 Å². The van der Waals surface area contributed by atoms with E-state index in [1.54, 1.807) is 0 Å². The van der Waals surface area contributed by atoms with Crippen molar-refractivity contribution in [1.29, 1.82) is 0 Å². The SMILES string of the molecule is C1COC(C2CCOC2)N1.Cl. The van der Waals surface area contributed by atoms with Crippen LogP contribution in [0.2, 0.25) is 0 Å². The van der Waals surface area contributed by atoms with Crippen LogP contribution in [-0.2, 0) is 9.47 Å². The van der Waals surface area contributed by atoms with Crippen molar-refractivity contribution in [3.05, 3.63) is 0 Å². The first kappa shape index (κ1) is 9.26. The minimum atomic E-state index is 0. The molecule has 2 aliphatic rings. The van der Waals surface area contributed by atoms with Crippen LogP contribution in [0.25, 0.3) is 0 Å². The summed E-state index contributed by atoms with van der Waals surface area (Å²) in [6.45, 7) is 3.65. The lowest BCUT2D eigenvalue weighted by atomic mass is 10.1. The highest BCUT2D eigenvalue weighted by molar-refractivity contribution is 5.85. The molecule has 0 aliphatic carbocycles. The topological polar surface area (TPSA) is 30.5 Å². The van der Waals surface area contributed by atoms with Gasteiger partial charge in [0, 0.05) is 19.1 Å². The molecule has 0 aromatic heterocycles. The van der Waals surface area contributed by atoms with Crippen LogP contribution in [-0.4, -0.2) is 32.6 Å². The zero-order valence-corrected chi connectivity index (χ0v) is 7.23. The van der Waals surface area contributed by atoms with Crippen LogP contribution in [0.1, 0.15) is 6.42 Å². The largest absolute Gasteiger partial charge is 0.381 e. The Hall–Kier alpha value is 0.170. The molecule has 0 aromatic rings. The zero-order chi connectivity index (χ0) is 6.81. The first-order chi connectivity index (χ1) is 4.97. The molecule has 0 radical (unpaired) electrons. The van der Waals surface area contributed by atoms with Gasteiger partial charge in [-0.1, -0.05) is 0 Å². The van der Waals surface area contributed by atoms with Gasteiger partial charge in [-0.3, -0.25) is 5.32 Å². The van der Waals surface area contributed by atoms with E-state index in [9.17, 15) is 0 Å². The van der Waals surface area contributed by atoms with E-state index < -0.39 is 0 Å². The summed E-state index contributed by atoms with van der Waals surface area (Å²) in [5.74, 6) is 0.600. The van der Waals surface area contributed by atoms with Gasteiger partial charge >= 0.3 is 0 Å². The van der Waals surface area contributed by atoms with Gasteiger partial charge in [-0.05, 0) is 6.42 Å². The van der Waals surface area contributed by atoms with Crippen molar-refractivity contribution in [1.82, 2.24) is 5.32 Å². The van der Waals surface area contributed by atoms with Crippen molar-refractivity contribution in [3.8, 4) is 0 Å². The molecule has 66 valence electrons. The van der Waals surface area contributed by atoms with Gasteiger partial charge in [0.25, 0.3) is 0 Å². The summed E-state index contributed by atoms with van der Waals surface area (Å²) >= 11 is 0. The van der Waals surface area contributed by atoms with E-state index in [1.807, 2.05) is 0 Å². The first-order valence-corrected chi connectivity index (χ1v) is 3.89. The summed E-state index contributed by atoms with van der Waals surface area (Å²) in [6.07, 6.45) is 1.43. The van der Waals surface area contributed by atoms with E-state index in [0.29, 0.717) is 5.92 Å². The van der Waals surface area contributed by atoms with Gasteiger partial charge in [0.05, 0.1) is 13.2 Å². The average molecular weight is 180 g/mol. The molecule has 2 saturated heterocycles. The molecule has 2 fully saturated rings. The molecule has 2 aliphatic heterocycles. The van der Waals surface area contributed by atoms with E-state index in [0.717, 1.165) is 32.8 Å². The van der Waals surface area contributed by atoms with Crippen molar-refractivity contribution in [2.24, 2.45) is 5.92 Å². The maximum Gasteiger partial charge on any atom is 0.113 e. The number of halogens is 1. The molecule has 2 atom stereocenters. The maximum atomic E-state index is 5.45. The summed E-state index contributed by atoms with van der Waals surface area (Å²) < 4.78 is 10.7. The van der Waals surface area contributed by atoms with Crippen molar-refractivity contribution in [3.63, 3.8) is 0 Å². The molecular formula is C7H14ClNO2. The Morgan fingerprint density at radius 2 is 2.18 bits per heavy atom. The number of ether oxygens (including phenoxy) is 2. The molecule has 0 bridgehead atoms. The lowest BCUT2D eigenvalue weighted by Gasteiger charge is -2.15. The Morgan fingerprint density at radius 3 is 2.73 bits per heavy atom. The molecule has 4 heteroatoms. The third kappa shape index (κ3) is 2.06. The van der Waals surface area contributed by atoms with Gasteiger partial charge in [0.1, 0.15) is 6.23 Å². The van der Waals surface area contributed by atoms with Gasteiger partial charge in [0.15, 0.2) is 0 Å². The predicted octanol–water partition coefficient (Wildman–Crippen LogP) is 0.391. The Labute approximate surface area is 72.8 Å². The first-order valence-electron chi connectivity index (χ1n) is 3.89. The molecule has 2 rings (SSSR count). The summed E-state index contributed by atoms with van der Waals surface area (Å²) in [5, 5.41) is 3.30. The normalized spacial score (nSPS) is 37.1. The fourth-order valence-corrected chi connectivity index (χ4v) is 1.54. The predicted molar refractivity (Wildman–Crippen MR) is 43.9 cm³/mol. The molecule has 0 amide bonds. The van der Waals surface area contributed by atoms with Crippen molar-refractivity contribution < 1.29 is 9.47 Å². The second-order valence-corrected chi connectivity index (χ2v) is 2.87. The number of rotatable bonds is 1. The minimum Gasteiger partial charge on any atom is -0.381 e. The Balaban J connectivity index is 0.000000605. The second kappa shape index (κ2) is 4.26. The summed E-state index contributed by atoms with van der Waals surface area (Å²) in [5.41, 5.74) is 0. The van der Waals surface area contributed by atoms with Crippen LogP contribution in [0, 0.1) is 5.92 Å². The standard InChI is InChI=1S/C7H13NO2.ClH/c1-3-9-5-6(1)7-8-2-4-10-7;/h6-8H,1-5H2;1H. The van der Waals surface area contributed by atoms with Crippen molar-refractivity contribution in [2.75, 3.05) is 26.4 Å². The second-order valence-electron chi connectivity index (χ2n) is 2.87. The molecule has 3 nitrogen and oxygen atoms in total. The molecule has 0 spiro atoms. The van der Waals surface area contributed by atoms with Crippen LogP contribution in [0.15, 0.2) is 0 Å². The van der Waals surface area contributed by atoms with E-state index in [1.165, 1.54) is 0 Å². The zero-order valence-electron chi connectivity index (χ0n) is 6.41. The number of nitrogens with one attached hydrogen (secondary N) is 1. The summed E-state index contributed by atoms with van der Waals surface area (Å²) in [4.78, 5) is 0. The van der Waals surface area contributed by atoms with E-state index in [2.05, 4.69) is 5.32 Å². The van der Waals surface area contributed by atoms with Crippen LogP contribution in [0.3, 0.4) is 0 Å². The fraction of sp³-hybridized carbons (Fsp3) is 1.00. The van der Waals surface area contributed by atoms with Crippen LogP contribution in [0.5, 0.6) is 0 Å². The van der Waals surface area contributed by atoms with Crippen LogP contribution < -0.4 is 5.32 Å². The number of hydrogen-bond acceptors (Lipinski definition) is 3.